The SMILES string of the molecule is COc1ccccc1CN1C(=O)C(=O)/C(=C(/O)c2cc(C)ccc2C)C1c1ccc(OC)c(OC)c1. The van der Waals surface area contributed by atoms with E-state index in [1.54, 1.807) is 31.4 Å². The highest BCUT2D eigenvalue weighted by atomic mass is 16.5. The van der Waals surface area contributed by atoms with Crippen LogP contribution in [-0.4, -0.2) is 43.0 Å². The lowest BCUT2D eigenvalue weighted by Crippen LogP contribution is -2.29. The van der Waals surface area contributed by atoms with Gasteiger partial charge in [0.15, 0.2) is 11.5 Å². The number of carbonyl (C=O) groups is 2. The number of aryl methyl sites for hydroxylation is 2. The van der Waals surface area contributed by atoms with Crippen LogP contribution in [-0.2, 0) is 16.1 Å². The Balaban J connectivity index is 1.94. The van der Waals surface area contributed by atoms with E-state index in [1.165, 1.54) is 19.1 Å². The number of hydrogen-bond acceptors (Lipinski definition) is 6. The van der Waals surface area contributed by atoms with Crippen molar-refractivity contribution in [2.24, 2.45) is 0 Å². The summed E-state index contributed by atoms with van der Waals surface area (Å²) in [5.74, 6) is -0.102. The zero-order valence-electron chi connectivity index (χ0n) is 21.0. The molecule has 1 heterocycles. The Kier molecular flexibility index (Phi) is 7.01. The molecule has 3 aromatic carbocycles. The van der Waals surface area contributed by atoms with Crippen molar-refractivity contribution in [3.8, 4) is 17.2 Å². The third-order valence-corrected chi connectivity index (χ3v) is 6.44. The number of aliphatic hydroxyl groups excluding tert-OH is 1. The normalized spacial score (nSPS) is 16.8. The zero-order valence-corrected chi connectivity index (χ0v) is 21.0. The van der Waals surface area contributed by atoms with Gasteiger partial charge in [-0.15, -0.1) is 0 Å². The molecule has 1 aliphatic rings. The number of likely N-dealkylation sites (tertiary alicyclic amines) is 1. The number of benzene rings is 3. The van der Waals surface area contributed by atoms with Crippen molar-refractivity contribution in [3.05, 3.63) is 94.1 Å². The first-order valence-corrected chi connectivity index (χ1v) is 11.5. The molecule has 0 spiro atoms. The summed E-state index contributed by atoms with van der Waals surface area (Å²) in [4.78, 5) is 28.3. The molecule has 7 heteroatoms. The fraction of sp³-hybridized carbons (Fsp3) is 0.241. The van der Waals surface area contributed by atoms with Crippen LogP contribution in [0.3, 0.4) is 0 Å². The molecule has 3 aromatic rings. The Morgan fingerprint density at radius 3 is 2.25 bits per heavy atom. The second-order valence-corrected chi connectivity index (χ2v) is 8.67. The van der Waals surface area contributed by atoms with Crippen molar-refractivity contribution in [3.63, 3.8) is 0 Å². The minimum Gasteiger partial charge on any atom is -0.507 e. The van der Waals surface area contributed by atoms with Crippen molar-refractivity contribution < 1.29 is 28.9 Å². The van der Waals surface area contributed by atoms with E-state index in [4.69, 9.17) is 14.2 Å². The molecule has 36 heavy (non-hydrogen) atoms. The second-order valence-electron chi connectivity index (χ2n) is 8.67. The highest BCUT2D eigenvalue weighted by molar-refractivity contribution is 6.46. The van der Waals surface area contributed by atoms with Gasteiger partial charge in [0, 0.05) is 11.1 Å². The smallest absolute Gasteiger partial charge is 0.295 e. The predicted molar refractivity (Wildman–Crippen MR) is 136 cm³/mol. The maximum absolute atomic E-state index is 13.4. The average Bonchev–Trinajstić information content (AvgIpc) is 3.14. The van der Waals surface area contributed by atoms with E-state index in [1.807, 2.05) is 50.2 Å². The maximum atomic E-state index is 13.4. The number of para-hydroxylation sites is 1. The first-order valence-electron chi connectivity index (χ1n) is 11.5. The standard InChI is InChI=1S/C29H29NO6/c1-17-10-11-18(2)21(14-17)27(31)25-26(19-12-13-23(35-4)24(15-19)36-5)30(29(33)28(25)32)16-20-8-6-7-9-22(20)34-3/h6-15,26,31H,16H2,1-5H3/b27-25+. The number of amides is 1. The van der Waals surface area contributed by atoms with Crippen molar-refractivity contribution in [1.82, 2.24) is 4.90 Å². The summed E-state index contributed by atoms with van der Waals surface area (Å²) in [6.07, 6.45) is 0. The van der Waals surface area contributed by atoms with Gasteiger partial charge in [-0.2, -0.15) is 0 Å². The number of hydrogen-bond donors (Lipinski definition) is 1. The monoisotopic (exact) mass is 487 g/mol. The molecule has 1 fully saturated rings. The minimum atomic E-state index is -0.852. The Morgan fingerprint density at radius 1 is 0.861 bits per heavy atom. The lowest BCUT2D eigenvalue weighted by molar-refractivity contribution is -0.140. The average molecular weight is 488 g/mol. The fourth-order valence-electron chi connectivity index (χ4n) is 4.57. The van der Waals surface area contributed by atoms with Crippen LogP contribution >= 0.6 is 0 Å². The van der Waals surface area contributed by atoms with Gasteiger partial charge in [0.2, 0.25) is 0 Å². The van der Waals surface area contributed by atoms with Gasteiger partial charge in [-0.05, 0) is 49.2 Å². The molecular formula is C29H29NO6. The summed E-state index contributed by atoms with van der Waals surface area (Å²) in [5.41, 5.74) is 3.59. The number of aliphatic hydroxyl groups is 1. The summed E-state index contributed by atoms with van der Waals surface area (Å²) in [5, 5.41) is 11.5. The maximum Gasteiger partial charge on any atom is 0.295 e. The Labute approximate surface area is 210 Å². The summed E-state index contributed by atoms with van der Waals surface area (Å²) in [6, 6.07) is 17.3. The number of carbonyl (C=O) groups excluding carboxylic acids is 2. The van der Waals surface area contributed by atoms with Crippen LogP contribution < -0.4 is 14.2 Å². The number of rotatable bonds is 7. The quantitative estimate of drug-likeness (QED) is 0.288. The molecule has 7 nitrogen and oxygen atoms in total. The van der Waals surface area contributed by atoms with Crippen LogP contribution in [0.5, 0.6) is 17.2 Å². The van der Waals surface area contributed by atoms with Crippen LogP contribution in [0.15, 0.2) is 66.2 Å². The van der Waals surface area contributed by atoms with Crippen LogP contribution in [0.4, 0.5) is 0 Å². The summed E-state index contributed by atoms with van der Waals surface area (Å²) < 4.78 is 16.3. The fourth-order valence-corrected chi connectivity index (χ4v) is 4.57. The summed E-state index contributed by atoms with van der Waals surface area (Å²) >= 11 is 0. The molecule has 186 valence electrons. The van der Waals surface area contributed by atoms with Gasteiger partial charge in [0.1, 0.15) is 11.5 Å². The molecule has 0 radical (unpaired) electrons. The number of methoxy groups -OCH3 is 3. The second kappa shape index (κ2) is 10.2. The summed E-state index contributed by atoms with van der Waals surface area (Å²) in [7, 11) is 4.61. The van der Waals surface area contributed by atoms with E-state index >= 15 is 0 Å². The van der Waals surface area contributed by atoms with E-state index in [2.05, 4.69) is 0 Å². The van der Waals surface area contributed by atoms with Gasteiger partial charge in [0.25, 0.3) is 11.7 Å². The summed E-state index contributed by atoms with van der Waals surface area (Å²) in [6.45, 7) is 3.87. The van der Waals surface area contributed by atoms with E-state index < -0.39 is 17.7 Å². The molecule has 1 saturated heterocycles. The molecule has 4 rings (SSSR count). The Bertz CT molecular complexity index is 1360. The first-order chi connectivity index (χ1) is 17.3. The molecule has 0 saturated carbocycles. The number of nitrogens with zero attached hydrogens (tertiary/aromatic N) is 1. The Hall–Kier alpha value is -4.26. The highest BCUT2D eigenvalue weighted by Crippen LogP contribution is 2.43. The van der Waals surface area contributed by atoms with Crippen LogP contribution in [0.2, 0.25) is 0 Å². The number of Topliss-reactive ketones (excluding diaryl/α,β-unsaturated/α-hetero) is 1. The molecular weight excluding hydrogens is 458 g/mol. The van der Waals surface area contributed by atoms with Crippen LogP contribution in [0, 0.1) is 13.8 Å². The van der Waals surface area contributed by atoms with Gasteiger partial charge in [-0.1, -0.05) is 42.0 Å². The largest absolute Gasteiger partial charge is 0.507 e. The number of ether oxygens (including phenoxy) is 3. The van der Waals surface area contributed by atoms with Gasteiger partial charge >= 0.3 is 0 Å². The minimum absolute atomic E-state index is 0.0239. The zero-order chi connectivity index (χ0) is 26.0. The van der Waals surface area contributed by atoms with E-state index in [0.29, 0.717) is 28.4 Å². The van der Waals surface area contributed by atoms with Crippen LogP contribution in [0.25, 0.3) is 5.76 Å². The van der Waals surface area contributed by atoms with Crippen LogP contribution in [0.1, 0.15) is 33.9 Å². The van der Waals surface area contributed by atoms with Crippen molar-refractivity contribution >= 4 is 17.4 Å². The van der Waals surface area contributed by atoms with E-state index in [-0.39, 0.29) is 17.9 Å². The first kappa shape index (κ1) is 24.9. The molecule has 1 unspecified atom stereocenters. The molecule has 0 aliphatic carbocycles. The molecule has 1 N–H and O–H groups in total. The van der Waals surface area contributed by atoms with Crippen molar-refractivity contribution in [2.75, 3.05) is 21.3 Å². The third kappa shape index (κ3) is 4.40. The van der Waals surface area contributed by atoms with Gasteiger partial charge in [-0.25, -0.2) is 0 Å². The van der Waals surface area contributed by atoms with Crippen molar-refractivity contribution in [2.45, 2.75) is 26.4 Å². The lowest BCUT2D eigenvalue weighted by Gasteiger charge is -2.26. The van der Waals surface area contributed by atoms with Gasteiger partial charge < -0.3 is 24.2 Å². The molecule has 1 atom stereocenters. The van der Waals surface area contributed by atoms with Crippen molar-refractivity contribution in [1.29, 1.82) is 0 Å². The van der Waals surface area contributed by atoms with Gasteiger partial charge in [-0.3, -0.25) is 9.59 Å². The number of ketones is 1. The molecule has 0 bridgehead atoms. The molecule has 1 aliphatic heterocycles. The topological polar surface area (TPSA) is 85.3 Å². The predicted octanol–water partition coefficient (Wildman–Crippen LogP) is 4.95. The Morgan fingerprint density at radius 2 is 1.56 bits per heavy atom. The van der Waals surface area contributed by atoms with E-state index in [0.717, 1.165) is 16.7 Å². The highest BCUT2D eigenvalue weighted by Gasteiger charge is 2.46. The van der Waals surface area contributed by atoms with Gasteiger partial charge in [0.05, 0.1) is 39.5 Å². The molecule has 1 amide bonds. The molecule has 0 aromatic heterocycles. The third-order valence-electron chi connectivity index (χ3n) is 6.44. The lowest BCUT2D eigenvalue weighted by atomic mass is 9.93. The van der Waals surface area contributed by atoms with E-state index in [9.17, 15) is 14.7 Å².